The summed E-state index contributed by atoms with van der Waals surface area (Å²) in [6, 6.07) is 8.25. The second-order valence-electron chi connectivity index (χ2n) is 5.98. The van der Waals surface area contributed by atoms with Gasteiger partial charge in [-0.05, 0) is 52.3 Å². The van der Waals surface area contributed by atoms with Crippen molar-refractivity contribution in [2.75, 3.05) is 0 Å². The smallest absolute Gasteiger partial charge is 0.400 e. The fourth-order valence-electron chi connectivity index (χ4n) is 1.97. The van der Waals surface area contributed by atoms with Gasteiger partial charge in [0.15, 0.2) is 0 Å². The molecule has 1 aromatic carbocycles. The van der Waals surface area contributed by atoms with Crippen LogP contribution in [0.4, 0.5) is 0 Å². The zero-order valence-corrected chi connectivity index (χ0v) is 13.7. The van der Waals surface area contributed by atoms with Gasteiger partial charge in [0.2, 0.25) is 0 Å². The first-order valence-electron chi connectivity index (χ1n) is 6.51. The maximum atomic E-state index is 5.97. The second-order valence-corrected chi connectivity index (χ2v) is 6.90. The largest absolute Gasteiger partial charge is 0.487 e. The minimum Gasteiger partial charge on any atom is -0.400 e. The van der Waals surface area contributed by atoms with Gasteiger partial charge in [-0.15, -0.1) is 0 Å². The van der Waals surface area contributed by atoms with E-state index in [0.717, 1.165) is 10.0 Å². The van der Waals surface area contributed by atoms with Gasteiger partial charge in [-0.1, -0.05) is 39.6 Å². The fraction of sp³-hybridized carbons (Fsp3) is 0.467. The second kappa shape index (κ2) is 5.08. The molecule has 0 aromatic heterocycles. The van der Waals surface area contributed by atoms with E-state index in [-0.39, 0.29) is 18.3 Å². The summed E-state index contributed by atoms with van der Waals surface area (Å²) >= 11 is 3.44. The number of hydrogen-bond acceptors (Lipinski definition) is 2. The highest BCUT2D eigenvalue weighted by Gasteiger charge is 2.50. The van der Waals surface area contributed by atoms with Crippen molar-refractivity contribution in [2.45, 2.75) is 45.8 Å². The van der Waals surface area contributed by atoms with E-state index in [9.17, 15) is 0 Å². The maximum Gasteiger partial charge on any atom is 0.487 e. The lowest BCUT2D eigenvalue weighted by molar-refractivity contribution is 0.00578. The van der Waals surface area contributed by atoms with Gasteiger partial charge in [-0.25, -0.2) is 0 Å². The maximum absolute atomic E-state index is 5.97. The number of rotatable bonds is 2. The Balaban J connectivity index is 2.17. The van der Waals surface area contributed by atoms with Crippen molar-refractivity contribution in [1.29, 1.82) is 0 Å². The molecule has 0 aliphatic carbocycles. The number of halogens is 1. The summed E-state index contributed by atoms with van der Waals surface area (Å²) < 4.78 is 13.0. The van der Waals surface area contributed by atoms with Crippen LogP contribution in [0.25, 0.3) is 5.57 Å². The Morgan fingerprint density at radius 1 is 1.05 bits per heavy atom. The van der Waals surface area contributed by atoms with Crippen LogP contribution in [-0.2, 0) is 9.31 Å². The lowest BCUT2D eigenvalue weighted by atomic mass is 9.85. The Kier molecular flexibility index (Phi) is 3.96. The van der Waals surface area contributed by atoms with Crippen molar-refractivity contribution in [3.63, 3.8) is 0 Å². The van der Waals surface area contributed by atoms with E-state index in [0.29, 0.717) is 0 Å². The minimum absolute atomic E-state index is 0.284. The third kappa shape index (κ3) is 3.12. The molecule has 2 nitrogen and oxygen atoms in total. The molecule has 19 heavy (non-hydrogen) atoms. The molecule has 0 N–H and O–H groups in total. The average Bonchev–Trinajstić information content (AvgIpc) is 2.47. The third-order valence-corrected chi connectivity index (χ3v) is 4.49. The molecule has 2 rings (SSSR count). The van der Waals surface area contributed by atoms with E-state index < -0.39 is 0 Å². The number of allylic oxidation sites excluding steroid dienone is 1. The van der Waals surface area contributed by atoms with Crippen molar-refractivity contribution in [3.05, 3.63) is 40.3 Å². The standard InChI is InChI=1S/C15H20BBrO2/c1-11(12-6-8-13(17)9-7-12)10-16-18-14(2,3)15(4,5)19-16/h6-10H,1-5H3/b11-10+. The van der Waals surface area contributed by atoms with Gasteiger partial charge >= 0.3 is 7.12 Å². The van der Waals surface area contributed by atoms with Crippen LogP contribution in [-0.4, -0.2) is 18.3 Å². The Morgan fingerprint density at radius 3 is 2.00 bits per heavy atom. The predicted molar refractivity (Wildman–Crippen MR) is 83.9 cm³/mol. The summed E-state index contributed by atoms with van der Waals surface area (Å²) in [5.74, 6) is 2.04. The van der Waals surface area contributed by atoms with E-state index in [4.69, 9.17) is 9.31 Å². The van der Waals surface area contributed by atoms with Gasteiger partial charge < -0.3 is 9.31 Å². The van der Waals surface area contributed by atoms with E-state index in [1.54, 1.807) is 0 Å². The van der Waals surface area contributed by atoms with Crippen molar-refractivity contribution in [3.8, 4) is 0 Å². The van der Waals surface area contributed by atoms with Gasteiger partial charge in [-0.2, -0.15) is 0 Å². The molecule has 102 valence electrons. The van der Waals surface area contributed by atoms with Gasteiger partial charge in [0.1, 0.15) is 0 Å². The number of hydrogen-bond donors (Lipinski definition) is 0. The zero-order chi connectivity index (χ0) is 14.3. The zero-order valence-electron chi connectivity index (χ0n) is 12.2. The first-order valence-corrected chi connectivity index (χ1v) is 7.31. The van der Waals surface area contributed by atoms with Crippen LogP contribution in [0.3, 0.4) is 0 Å². The quantitative estimate of drug-likeness (QED) is 0.747. The molecular formula is C15H20BBrO2. The normalized spacial score (nSPS) is 21.8. The third-order valence-electron chi connectivity index (χ3n) is 3.96. The molecule has 1 aliphatic heterocycles. The monoisotopic (exact) mass is 322 g/mol. The van der Waals surface area contributed by atoms with Crippen LogP contribution < -0.4 is 0 Å². The van der Waals surface area contributed by atoms with Gasteiger partial charge in [0, 0.05) is 4.47 Å². The summed E-state index contributed by atoms with van der Waals surface area (Å²) in [4.78, 5) is 0. The molecule has 1 aliphatic rings. The molecule has 4 heteroatoms. The summed E-state index contributed by atoms with van der Waals surface area (Å²) in [5, 5.41) is 0. The average molecular weight is 323 g/mol. The minimum atomic E-state index is -0.284. The molecule has 0 saturated carbocycles. The SMILES string of the molecule is C/C(=C\B1OC(C)(C)C(C)(C)O1)c1ccc(Br)cc1. The van der Waals surface area contributed by atoms with Crippen molar-refractivity contribution in [2.24, 2.45) is 0 Å². The van der Waals surface area contributed by atoms with E-state index in [2.05, 4.69) is 62.7 Å². The van der Waals surface area contributed by atoms with Crippen LogP contribution in [0.2, 0.25) is 0 Å². The molecular weight excluding hydrogens is 303 g/mol. The predicted octanol–water partition coefficient (Wildman–Crippen LogP) is 4.48. The summed E-state index contributed by atoms with van der Waals surface area (Å²) in [5.41, 5.74) is 1.77. The first kappa shape index (κ1) is 14.8. The van der Waals surface area contributed by atoms with Crippen LogP contribution in [0, 0.1) is 0 Å². The Hall–Kier alpha value is -0.575. The van der Waals surface area contributed by atoms with Crippen LogP contribution in [0.15, 0.2) is 34.7 Å². The highest BCUT2D eigenvalue weighted by molar-refractivity contribution is 9.10. The first-order chi connectivity index (χ1) is 8.71. The topological polar surface area (TPSA) is 18.5 Å². The molecule has 0 bridgehead atoms. The molecule has 0 atom stereocenters. The lowest BCUT2D eigenvalue weighted by Crippen LogP contribution is -2.41. The van der Waals surface area contributed by atoms with Crippen LogP contribution in [0.5, 0.6) is 0 Å². The van der Waals surface area contributed by atoms with Gasteiger partial charge in [-0.3, -0.25) is 0 Å². The van der Waals surface area contributed by atoms with Crippen LogP contribution in [0.1, 0.15) is 40.2 Å². The molecule has 0 radical (unpaired) electrons. The fourth-order valence-corrected chi connectivity index (χ4v) is 2.23. The Morgan fingerprint density at radius 2 is 1.53 bits per heavy atom. The highest BCUT2D eigenvalue weighted by atomic mass is 79.9. The van der Waals surface area contributed by atoms with Crippen molar-refractivity contribution < 1.29 is 9.31 Å². The van der Waals surface area contributed by atoms with E-state index in [1.807, 2.05) is 18.1 Å². The van der Waals surface area contributed by atoms with Crippen LogP contribution >= 0.6 is 15.9 Å². The molecule has 1 fully saturated rings. The Bertz CT molecular complexity index is 475. The number of benzene rings is 1. The summed E-state index contributed by atoms with van der Waals surface area (Å²) in [6.07, 6.45) is 0. The lowest BCUT2D eigenvalue weighted by Gasteiger charge is -2.32. The molecule has 1 heterocycles. The highest BCUT2D eigenvalue weighted by Crippen LogP contribution is 2.37. The molecule has 0 spiro atoms. The molecule has 1 aromatic rings. The van der Waals surface area contributed by atoms with E-state index in [1.165, 1.54) is 5.56 Å². The Labute approximate surface area is 124 Å². The van der Waals surface area contributed by atoms with Gasteiger partial charge in [0.25, 0.3) is 0 Å². The van der Waals surface area contributed by atoms with Crippen molar-refractivity contribution in [1.82, 2.24) is 0 Å². The molecule has 0 amide bonds. The molecule has 0 unspecified atom stereocenters. The summed E-state index contributed by atoms with van der Waals surface area (Å²) in [7, 11) is -0.284. The molecule has 1 saturated heterocycles. The summed E-state index contributed by atoms with van der Waals surface area (Å²) in [6.45, 7) is 10.3. The van der Waals surface area contributed by atoms with Crippen molar-refractivity contribution >= 4 is 28.6 Å². The van der Waals surface area contributed by atoms with Gasteiger partial charge in [0.05, 0.1) is 11.2 Å². The van der Waals surface area contributed by atoms with E-state index >= 15 is 0 Å².